The first-order valence-corrected chi connectivity index (χ1v) is 23.2. The van der Waals surface area contributed by atoms with E-state index in [4.69, 9.17) is 40.7 Å². The highest BCUT2D eigenvalue weighted by Crippen LogP contribution is 2.78. The zero-order chi connectivity index (χ0) is 42.0. The zero-order valence-electron chi connectivity index (χ0n) is 32.7. The molecule has 6 aromatic rings. The van der Waals surface area contributed by atoms with Crippen LogP contribution in [0.4, 0.5) is 0 Å². The van der Waals surface area contributed by atoms with Gasteiger partial charge in [-0.15, -0.1) is 0 Å². The summed E-state index contributed by atoms with van der Waals surface area (Å²) in [5.41, 5.74) is 5.26. The van der Waals surface area contributed by atoms with Gasteiger partial charge in [-0.25, -0.2) is 0 Å². The van der Waals surface area contributed by atoms with Crippen LogP contribution in [-0.4, -0.2) is 0 Å². The molecule has 7 rings (SSSR count). The van der Waals surface area contributed by atoms with E-state index in [0.717, 1.165) is 33.4 Å². The Morgan fingerprint density at radius 2 is 0.383 bits per heavy atom. The lowest BCUT2D eigenvalue weighted by molar-refractivity contribution is 0.443. The monoisotopic (exact) mass is 849 g/mol. The number of nitrogens with zero attached hydrogens (tertiary/aromatic N) is 3. The van der Waals surface area contributed by atoms with Crippen molar-refractivity contribution in [3.63, 3.8) is 0 Å². The first kappa shape index (κ1) is 41.4. The maximum atomic E-state index is 6.93. The van der Waals surface area contributed by atoms with E-state index in [1.165, 1.54) is 0 Å². The molecular formula is C48H42N3O6P3. The molecule has 0 spiro atoms. The highest BCUT2D eigenvalue weighted by Gasteiger charge is 2.49. The van der Waals surface area contributed by atoms with Crippen LogP contribution in [0.25, 0.3) is 36.5 Å². The highest BCUT2D eigenvalue weighted by molar-refractivity contribution is 7.79. The van der Waals surface area contributed by atoms with E-state index in [0.29, 0.717) is 34.5 Å². The summed E-state index contributed by atoms with van der Waals surface area (Å²) in [6.45, 7) is 23.4. The molecule has 0 saturated carbocycles. The Hall–Kier alpha value is -6.75. The van der Waals surface area contributed by atoms with Crippen molar-refractivity contribution in [1.29, 1.82) is 0 Å². The van der Waals surface area contributed by atoms with Gasteiger partial charge in [0.25, 0.3) is 0 Å². The van der Waals surface area contributed by atoms with Crippen molar-refractivity contribution in [1.82, 2.24) is 0 Å². The molecule has 1 heterocycles. The predicted molar refractivity (Wildman–Crippen MR) is 251 cm³/mol. The van der Waals surface area contributed by atoms with Gasteiger partial charge >= 0.3 is 23.0 Å². The van der Waals surface area contributed by atoms with Crippen molar-refractivity contribution < 1.29 is 27.1 Å². The molecule has 0 atom stereocenters. The van der Waals surface area contributed by atoms with Gasteiger partial charge in [-0.1, -0.05) is 162 Å². The summed E-state index contributed by atoms with van der Waals surface area (Å²) in [6, 6.07) is 43.8. The summed E-state index contributed by atoms with van der Waals surface area (Å²) in [5, 5.41) is 0. The minimum Gasteiger partial charge on any atom is -0.413 e. The molecule has 300 valence electrons. The number of benzene rings is 6. The minimum absolute atomic E-state index is 0.388. The Kier molecular flexibility index (Phi) is 12.7. The van der Waals surface area contributed by atoms with E-state index in [2.05, 4.69) is 39.5 Å². The Bertz CT molecular complexity index is 2220. The molecule has 12 heteroatoms. The smallest absolute Gasteiger partial charge is 0.413 e. The van der Waals surface area contributed by atoms with Gasteiger partial charge in [0.15, 0.2) is 0 Å². The van der Waals surface area contributed by atoms with Crippen molar-refractivity contribution >= 4 is 59.4 Å². The summed E-state index contributed by atoms with van der Waals surface area (Å²) < 4.78 is 57.5. The average Bonchev–Trinajstić information content (AvgIpc) is 3.27. The fourth-order valence-electron chi connectivity index (χ4n) is 5.57. The van der Waals surface area contributed by atoms with E-state index in [-0.39, 0.29) is 0 Å². The van der Waals surface area contributed by atoms with Crippen LogP contribution in [0.5, 0.6) is 34.5 Å². The van der Waals surface area contributed by atoms with Gasteiger partial charge < -0.3 is 27.1 Å². The third-order valence-electron chi connectivity index (χ3n) is 8.72. The fraction of sp³-hybridized carbons (Fsp3) is 0. The van der Waals surface area contributed by atoms with Crippen LogP contribution in [0.1, 0.15) is 33.4 Å². The standard InChI is InChI=1S/C48H42N3O6P3/c1-7-37-13-25-43(26-14-37)52-58(53-44-27-15-38(8-2)16-28-44)49-59(54-45-29-17-39(9-3)18-30-45,55-46-31-19-40(10-4)20-32-46)51-60(50-58,56-47-33-21-41(11-5)22-34-47)57-48-35-23-42(12-6)24-36-48/h7-36H,1-6H2. The highest BCUT2D eigenvalue weighted by atomic mass is 31.3. The summed E-state index contributed by atoms with van der Waals surface area (Å²) in [6.07, 6.45) is 10.4. The van der Waals surface area contributed by atoms with Gasteiger partial charge in [0, 0.05) is 0 Å². The van der Waals surface area contributed by atoms with Crippen LogP contribution in [0.15, 0.2) is 199 Å². The molecule has 0 radical (unpaired) electrons. The molecule has 60 heavy (non-hydrogen) atoms. The zero-order valence-corrected chi connectivity index (χ0v) is 35.4. The molecule has 6 aromatic carbocycles. The maximum absolute atomic E-state index is 6.93. The predicted octanol–water partition coefficient (Wildman–Crippen LogP) is 16.2. The van der Waals surface area contributed by atoms with Crippen LogP contribution in [0.3, 0.4) is 0 Å². The average molecular weight is 850 g/mol. The van der Waals surface area contributed by atoms with Crippen LogP contribution in [0.2, 0.25) is 0 Å². The third-order valence-corrected chi connectivity index (χ3v) is 16.8. The summed E-state index contributed by atoms with van der Waals surface area (Å²) >= 11 is 0. The first-order valence-electron chi connectivity index (χ1n) is 18.6. The van der Waals surface area contributed by atoms with Crippen LogP contribution < -0.4 is 27.1 Å². The van der Waals surface area contributed by atoms with Crippen LogP contribution in [-0.2, 0) is 0 Å². The Labute approximate surface area is 351 Å². The molecule has 9 nitrogen and oxygen atoms in total. The SMILES string of the molecule is C=Cc1ccc(OP2(Oc3ccc(C=C)cc3)=NP(Oc3ccc(C=C)cc3)(Oc3ccc(C=C)cc3)=NP(Oc3ccc(C=C)cc3)(Oc3ccc(C=C)cc3)=N2)cc1. The van der Waals surface area contributed by atoms with E-state index < -0.39 is 23.0 Å². The van der Waals surface area contributed by atoms with Crippen molar-refractivity contribution in [3.05, 3.63) is 218 Å². The molecule has 0 fully saturated rings. The first-order chi connectivity index (χ1) is 29.2. The van der Waals surface area contributed by atoms with Crippen LogP contribution >= 0.6 is 23.0 Å². The van der Waals surface area contributed by atoms with Crippen molar-refractivity contribution in [2.45, 2.75) is 0 Å². The molecule has 1 aliphatic rings. The Balaban J connectivity index is 1.57. The Morgan fingerprint density at radius 3 is 0.500 bits per heavy atom. The van der Waals surface area contributed by atoms with Crippen molar-refractivity contribution in [2.24, 2.45) is 13.5 Å². The van der Waals surface area contributed by atoms with E-state index in [1.807, 2.05) is 72.8 Å². The van der Waals surface area contributed by atoms with Crippen molar-refractivity contribution in [3.8, 4) is 34.5 Å². The normalized spacial score (nSPS) is 14.2. The minimum atomic E-state index is -4.09. The number of rotatable bonds is 18. The van der Waals surface area contributed by atoms with Gasteiger partial charge in [-0.2, -0.15) is 0 Å². The lowest BCUT2D eigenvalue weighted by Crippen LogP contribution is -2.11. The molecule has 0 saturated heterocycles. The lowest BCUT2D eigenvalue weighted by atomic mass is 10.2. The lowest BCUT2D eigenvalue weighted by Gasteiger charge is -2.33. The molecule has 0 aromatic heterocycles. The molecule has 1 aliphatic heterocycles. The topological polar surface area (TPSA) is 92.5 Å². The van der Waals surface area contributed by atoms with Gasteiger partial charge in [0.05, 0.1) is 0 Å². The van der Waals surface area contributed by atoms with E-state index in [9.17, 15) is 0 Å². The molecule has 0 bridgehead atoms. The molecule has 0 aliphatic carbocycles. The number of hydrogen-bond donors (Lipinski definition) is 0. The van der Waals surface area contributed by atoms with Gasteiger partial charge in [-0.05, 0) is 106 Å². The van der Waals surface area contributed by atoms with E-state index in [1.54, 1.807) is 109 Å². The van der Waals surface area contributed by atoms with Gasteiger partial charge in [-0.3, -0.25) is 0 Å². The van der Waals surface area contributed by atoms with Crippen LogP contribution in [0, 0.1) is 0 Å². The quantitative estimate of drug-likeness (QED) is 0.0800. The second-order valence-electron chi connectivity index (χ2n) is 12.9. The summed E-state index contributed by atoms with van der Waals surface area (Å²) in [4.78, 5) is 0. The van der Waals surface area contributed by atoms with Gasteiger partial charge in [0.1, 0.15) is 34.5 Å². The Morgan fingerprint density at radius 1 is 0.250 bits per heavy atom. The maximum Gasteiger partial charge on any atom is 0.460 e. The fourth-order valence-corrected chi connectivity index (χ4v) is 14.6. The van der Waals surface area contributed by atoms with E-state index >= 15 is 0 Å². The molecule has 0 amide bonds. The van der Waals surface area contributed by atoms with Gasteiger partial charge in [0.2, 0.25) is 0 Å². The number of hydrogen-bond acceptors (Lipinski definition) is 9. The van der Waals surface area contributed by atoms with Crippen molar-refractivity contribution in [2.75, 3.05) is 0 Å². The molecule has 0 N–H and O–H groups in total. The summed E-state index contributed by atoms with van der Waals surface area (Å²) in [7, 11) is -12.3. The largest absolute Gasteiger partial charge is 0.460 e. The second kappa shape index (κ2) is 18.4. The molecular weight excluding hydrogens is 807 g/mol. The second-order valence-corrected chi connectivity index (χ2v) is 19.1. The summed E-state index contributed by atoms with van der Waals surface area (Å²) in [5.74, 6) is 2.33. The molecule has 0 unspecified atom stereocenters. The third kappa shape index (κ3) is 10.1.